The van der Waals surface area contributed by atoms with E-state index in [0.29, 0.717) is 12.2 Å². The van der Waals surface area contributed by atoms with E-state index >= 15 is 0 Å². The second-order valence-electron chi connectivity index (χ2n) is 5.51. The number of halogens is 2. The van der Waals surface area contributed by atoms with E-state index in [9.17, 15) is 18.7 Å². The highest BCUT2D eigenvalue weighted by Crippen LogP contribution is 2.34. The van der Waals surface area contributed by atoms with Gasteiger partial charge in [0.05, 0.1) is 12.2 Å². The molecule has 1 aromatic carbocycles. The number of ether oxygens (including phenoxy) is 1. The second kappa shape index (κ2) is 8.45. The molecule has 1 aliphatic rings. The molecule has 2 unspecified atom stereocenters. The summed E-state index contributed by atoms with van der Waals surface area (Å²) in [6.45, 7) is 0.642. The van der Waals surface area contributed by atoms with Gasteiger partial charge in [-0.1, -0.05) is 18.2 Å². The molecule has 3 nitrogen and oxygen atoms in total. The minimum absolute atomic E-state index is 0.0445. The fraction of sp³-hybridized carbons (Fsp3) is 0.471. The van der Waals surface area contributed by atoms with E-state index in [2.05, 4.69) is 0 Å². The molecule has 23 heavy (non-hydrogen) atoms. The number of alkyl halides is 2. The van der Waals surface area contributed by atoms with Crippen LogP contribution < -0.4 is 0 Å². The standard InChI is InChI=1S/C17H20F2O3S/c1-22-6-7-23-13-4-2-12(3-5-13)14(17(20)21)8-11-9-15(18)16(19)10-11/h2-5,8,11,15-16H,6-7,9-10H2,1H3,(H,20,21)/b14-8+. The molecule has 0 radical (unpaired) electrons. The molecule has 1 N–H and O–H groups in total. The Balaban J connectivity index is 2.10. The van der Waals surface area contributed by atoms with E-state index in [-0.39, 0.29) is 24.3 Å². The molecule has 2 atom stereocenters. The minimum Gasteiger partial charge on any atom is -0.478 e. The average Bonchev–Trinajstić information content (AvgIpc) is 2.84. The molecule has 126 valence electrons. The van der Waals surface area contributed by atoms with Crippen LogP contribution >= 0.6 is 11.8 Å². The number of rotatable bonds is 7. The van der Waals surface area contributed by atoms with Gasteiger partial charge in [-0.2, -0.15) is 0 Å². The van der Waals surface area contributed by atoms with Crippen molar-refractivity contribution in [1.29, 1.82) is 0 Å². The first-order valence-electron chi connectivity index (χ1n) is 7.46. The maximum absolute atomic E-state index is 13.3. The third-order valence-electron chi connectivity index (χ3n) is 3.80. The maximum Gasteiger partial charge on any atom is 0.335 e. The Morgan fingerprint density at radius 2 is 1.91 bits per heavy atom. The number of hydrogen-bond acceptors (Lipinski definition) is 3. The van der Waals surface area contributed by atoms with Gasteiger partial charge in [0.15, 0.2) is 0 Å². The summed E-state index contributed by atoms with van der Waals surface area (Å²) in [6, 6.07) is 7.14. The summed E-state index contributed by atoms with van der Waals surface area (Å²) in [4.78, 5) is 12.5. The van der Waals surface area contributed by atoms with Crippen LogP contribution in [0.1, 0.15) is 18.4 Å². The third-order valence-corrected chi connectivity index (χ3v) is 4.78. The third kappa shape index (κ3) is 5.04. The Labute approximate surface area is 138 Å². The molecule has 6 heteroatoms. The molecule has 1 saturated carbocycles. The van der Waals surface area contributed by atoms with Crippen molar-refractivity contribution in [3.8, 4) is 0 Å². The fourth-order valence-corrected chi connectivity index (χ4v) is 3.42. The summed E-state index contributed by atoms with van der Waals surface area (Å²) in [6.07, 6.45) is -1.41. The van der Waals surface area contributed by atoms with Crippen molar-refractivity contribution < 1.29 is 23.4 Å². The van der Waals surface area contributed by atoms with Crippen molar-refractivity contribution in [2.24, 2.45) is 5.92 Å². The van der Waals surface area contributed by atoms with Gasteiger partial charge in [-0.3, -0.25) is 0 Å². The monoisotopic (exact) mass is 342 g/mol. The molecular weight excluding hydrogens is 322 g/mol. The Bertz CT molecular complexity index is 549. The maximum atomic E-state index is 13.3. The van der Waals surface area contributed by atoms with Crippen LogP contribution in [0, 0.1) is 5.92 Å². The van der Waals surface area contributed by atoms with Crippen LogP contribution in [0.25, 0.3) is 5.57 Å². The van der Waals surface area contributed by atoms with E-state index in [1.54, 1.807) is 31.0 Å². The summed E-state index contributed by atoms with van der Waals surface area (Å²) < 4.78 is 31.5. The SMILES string of the molecule is COCCSc1ccc(/C(=C\C2CC(F)C(F)C2)C(=O)O)cc1. The molecule has 0 saturated heterocycles. The van der Waals surface area contributed by atoms with Crippen molar-refractivity contribution in [2.45, 2.75) is 30.1 Å². The Morgan fingerprint density at radius 1 is 1.30 bits per heavy atom. The van der Waals surface area contributed by atoms with E-state index in [1.165, 1.54) is 6.08 Å². The normalized spacial score (nSPS) is 24.8. The first kappa shape index (κ1) is 17.9. The number of hydrogen-bond donors (Lipinski definition) is 1. The molecule has 1 aromatic rings. The first-order chi connectivity index (χ1) is 11.0. The van der Waals surface area contributed by atoms with Crippen molar-refractivity contribution in [3.05, 3.63) is 35.9 Å². The molecule has 0 aromatic heterocycles. The van der Waals surface area contributed by atoms with Crippen molar-refractivity contribution in [2.75, 3.05) is 19.5 Å². The number of carboxylic acid groups (broad SMARTS) is 1. The van der Waals surface area contributed by atoms with Crippen LogP contribution in [0.3, 0.4) is 0 Å². The van der Waals surface area contributed by atoms with Gasteiger partial charge < -0.3 is 9.84 Å². The molecular formula is C17H20F2O3S. The number of aliphatic carboxylic acids is 1. The largest absolute Gasteiger partial charge is 0.478 e. The van der Waals surface area contributed by atoms with Gasteiger partial charge in [0, 0.05) is 17.8 Å². The predicted octanol–water partition coefficient (Wildman–Crippen LogP) is 3.98. The van der Waals surface area contributed by atoms with Crippen LogP contribution in [-0.2, 0) is 9.53 Å². The quantitative estimate of drug-likeness (QED) is 0.462. The lowest BCUT2D eigenvalue weighted by Gasteiger charge is -2.08. The Morgan fingerprint density at radius 3 is 2.43 bits per heavy atom. The zero-order valence-electron chi connectivity index (χ0n) is 12.9. The summed E-state index contributed by atoms with van der Waals surface area (Å²) in [5.74, 6) is -0.639. The average molecular weight is 342 g/mol. The van der Waals surface area contributed by atoms with E-state index < -0.39 is 18.3 Å². The highest BCUT2D eigenvalue weighted by atomic mass is 32.2. The number of methoxy groups -OCH3 is 1. The second-order valence-corrected chi connectivity index (χ2v) is 6.68. The van der Waals surface area contributed by atoms with Gasteiger partial charge in [0.25, 0.3) is 0 Å². The van der Waals surface area contributed by atoms with Gasteiger partial charge in [-0.15, -0.1) is 11.8 Å². The zero-order valence-corrected chi connectivity index (χ0v) is 13.7. The fourth-order valence-electron chi connectivity index (χ4n) is 2.61. The van der Waals surface area contributed by atoms with Crippen LogP contribution in [0.5, 0.6) is 0 Å². The molecule has 0 aliphatic heterocycles. The summed E-state index contributed by atoms with van der Waals surface area (Å²) in [5.41, 5.74) is 0.649. The minimum atomic E-state index is -1.49. The highest BCUT2D eigenvalue weighted by Gasteiger charge is 2.34. The summed E-state index contributed by atoms with van der Waals surface area (Å²) in [7, 11) is 1.64. The molecule has 0 amide bonds. The van der Waals surface area contributed by atoms with E-state index in [1.807, 2.05) is 12.1 Å². The molecule has 1 fully saturated rings. The van der Waals surface area contributed by atoms with Crippen molar-refractivity contribution in [1.82, 2.24) is 0 Å². The predicted molar refractivity (Wildman–Crippen MR) is 87.2 cm³/mol. The highest BCUT2D eigenvalue weighted by molar-refractivity contribution is 7.99. The van der Waals surface area contributed by atoms with Crippen molar-refractivity contribution in [3.63, 3.8) is 0 Å². The molecule has 2 rings (SSSR count). The number of allylic oxidation sites excluding steroid dienone is 1. The smallest absolute Gasteiger partial charge is 0.335 e. The van der Waals surface area contributed by atoms with E-state index in [4.69, 9.17) is 4.74 Å². The van der Waals surface area contributed by atoms with E-state index in [0.717, 1.165) is 10.6 Å². The number of thioether (sulfide) groups is 1. The number of carbonyl (C=O) groups is 1. The van der Waals surface area contributed by atoms with Gasteiger partial charge in [-0.05, 0) is 36.5 Å². The lowest BCUT2D eigenvalue weighted by molar-refractivity contribution is -0.130. The lowest BCUT2D eigenvalue weighted by Crippen LogP contribution is -2.06. The number of benzene rings is 1. The molecule has 0 heterocycles. The van der Waals surface area contributed by atoms with Crippen LogP contribution in [0.4, 0.5) is 8.78 Å². The van der Waals surface area contributed by atoms with Crippen LogP contribution in [0.15, 0.2) is 35.2 Å². The van der Waals surface area contributed by atoms with Gasteiger partial charge in [0.1, 0.15) is 12.3 Å². The summed E-state index contributed by atoms with van der Waals surface area (Å²) >= 11 is 1.62. The topological polar surface area (TPSA) is 46.5 Å². The molecule has 0 spiro atoms. The number of carboxylic acids is 1. The van der Waals surface area contributed by atoms with Crippen LogP contribution in [0.2, 0.25) is 0 Å². The van der Waals surface area contributed by atoms with Gasteiger partial charge >= 0.3 is 5.97 Å². The molecule has 0 bridgehead atoms. The lowest BCUT2D eigenvalue weighted by atomic mass is 9.99. The van der Waals surface area contributed by atoms with Gasteiger partial charge in [-0.25, -0.2) is 13.6 Å². The zero-order chi connectivity index (χ0) is 16.8. The van der Waals surface area contributed by atoms with Gasteiger partial charge in [0.2, 0.25) is 0 Å². The first-order valence-corrected chi connectivity index (χ1v) is 8.45. The Kier molecular flexibility index (Phi) is 6.59. The molecule has 1 aliphatic carbocycles. The van der Waals surface area contributed by atoms with Crippen molar-refractivity contribution >= 4 is 23.3 Å². The summed E-state index contributed by atoms with van der Waals surface area (Å²) in [5, 5.41) is 9.38. The Hall–Kier alpha value is -1.40. The van der Waals surface area contributed by atoms with Crippen LogP contribution in [-0.4, -0.2) is 42.9 Å².